The molecule has 0 spiro atoms. The summed E-state index contributed by atoms with van der Waals surface area (Å²) in [6.45, 7) is 0.756. The van der Waals surface area contributed by atoms with Crippen molar-refractivity contribution in [2.24, 2.45) is 0 Å². The first kappa shape index (κ1) is 24.8. The third kappa shape index (κ3) is 5.33. The Labute approximate surface area is 202 Å². The average Bonchev–Trinajstić information content (AvgIpc) is 3.22. The van der Waals surface area contributed by atoms with Crippen molar-refractivity contribution in [2.45, 2.75) is 6.18 Å². The number of fused-ring (bicyclic) bond motifs is 1. The molecule has 0 saturated heterocycles. The molecular formula is C24H21F4N5O3. The lowest BCUT2D eigenvalue weighted by Crippen LogP contribution is -2.20. The fraction of sp³-hybridized carbons (Fsp3) is 0.167. The first-order valence-electron chi connectivity index (χ1n) is 10.6. The highest BCUT2D eigenvalue weighted by Gasteiger charge is 2.31. The van der Waals surface area contributed by atoms with E-state index in [1.165, 1.54) is 0 Å². The van der Waals surface area contributed by atoms with Crippen LogP contribution in [0.15, 0.2) is 54.6 Å². The van der Waals surface area contributed by atoms with Gasteiger partial charge in [-0.3, -0.25) is 5.10 Å². The molecule has 0 radical (unpaired) electrons. The molecule has 0 aliphatic rings. The van der Waals surface area contributed by atoms with Gasteiger partial charge in [0, 0.05) is 12.8 Å². The number of carbonyl (C=O) groups is 1. The lowest BCUT2D eigenvalue weighted by Gasteiger charge is -2.12. The van der Waals surface area contributed by atoms with Gasteiger partial charge in [0.25, 0.3) is 0 Å². The number of halogens is 4. The lowest BCUT2D eigenvalue weighted by atomic mass is 10.0. The number of urea groups is 1. The van der Waals surface area contributed by atoms with Gasteiger partial charge in [0.1, 0.15) is 23.7 Å². The maximum absolute atomic E-state index is 13.9. The van der Waals surface area contributed by atoms with Crippen LogP contribution >= 0.6 is 0 Å². The Morgan fingerprint density at radius 2 is 1.81 bits per heavy atom. The van der Waals surface area contributed by atoms with Crippen molar-refractivity contribution < 1.29 is 31.8 Å². The van der Waals surface area contributed by atoms with Gasteiger partial charge >= 0.3 is 12.2 Å². The number of rotatable bonds is 7. The quantitative estimate of drug-likeness (QED) is 0.193. The zero-order valence-electron chi connectivity index (χ0n) is 18.9. The molecule has 0 aliphatic heterocycles. The van der Waals surface area contributed by atoms with Crippen LogP contribution in [0.2, 0.25) is 0 Å². The highest BCUT2D eigenvalue weighted by Crippen LogP contribution is 2.37. The van der Waals surface area contributed by atoms with Crippen LogP contribution in [-0.4, -0.2) is 36.6 Å². The van der Waals surface area contributed by atoms with Crippen molar-refractivity contribution in [3.8, 4) is 16.9 Å². The van der Waals surface area contributed by atoms with E-state index in [0.29, 0.717) is 53.8 Å². The number of nitrogen functional groups attached to an aromatic ring is 1. The van der Waals surface area contributed by atoms with Crippen LogP contribution in [0.4, 0.5) is 39.5 Å². The minimum absolute atomic E-state index is 0.280. The van der Waals surface area contributed by atoms with Crippen molar-refractivity contribution in [2.75, 3.05) is 36.7 Å². The van der Waals surface area contributed by atoms with Gasteiger partial charge in [-0.05, 0) is 53.6 Å². The first-order chi connectivity index (χ1) is 17.2. The second kappa shape index (κ2) is 10.1. The third-order valence-electron chi connectivity index (χ3n) is 5.25. The fourth-order valence-electron chi connectivity index (χ4n) is 3.54. The number of carbonyl (C=O) groups excluding carboxylic acids is 1. The van der Waals surface area contributed by atoms with Crippen LogP contribution < -0.4 is 21.1 Å². The predicted molar refractivity (Wildman–Crippen MR) is 127 cm³/mol. The van der Waals surface area contributed by atoms with Crippen LogP contribution in [-0.2, 0) is 10.9 Å². The van der Waals surface area contributed by atoms with Crippen molar-refractivity contribution in [3.05, 3.63) is 66.0 Å². The Bertz CT molecular complexity index is 1390. The molecular weight excluding hydrogens is 482 g/mol. The molecule has 3 aromatic carbocycles. The molecule has 5 N–H and O–H groups in total. The van der Waals surface area contributed by atoms with Crippen LogP contribution in [0.5, 0.6) is 5.75 Å². The van der Waals surface area contributed by atoms with E-state index in [0.717, 1.165) is 11.1 Å². The highest BCUT2D eigenvalue weighted by atomic mass is 19.4. The topological polar surface area (TPSA) is 114 Å². The summed E-state index contributed by atoms with van der Waals surface area (Å²) in [4.78, 5) is 12.3. The maximum atomic E-state index is 13.9. The van der Waals surface area contributed by atoms with Gasteiger partial charge in [-0.2, -0.15) is 18.3 Å². The number of ether oxygens (including phenoxy) is 2. The molecule has 0 atom stereocenters. The summed E-state index contributed by atoms with van der Waals surface area (Å²) in [6, 6.07) is 11.1. The lowest BCUT2D eigenvalue weighted by molar-refractivity contribution is -0.137. The number of nitrogens with one attached hydrogen (secondary N) is 3. The highest BCUT2D eigenvalue weighted by molar-refractivity contribution is 6.04. The Hall–Kier alpha value is -4.32. The number of amides is 2. The van der Waals surface area contributed by atoms with E-state index in [2.05, 4.69) is 20.8 Å². The molecule has 1 aromatic heterocycles. The number of H-pyrrole nitrogens is 1. The molecule has 0 bridgehead atoms. The molecule has 4 rings (SSSR count). The van der Waals surface area contributed by atoms with E-state index >= 15 is 0 Å². The number of nitrogens with zero attached hydrogens (tertiary/aromatic N) is 1. The third-order valence-corrected chi connectivity index (χ3v) is 5.25. The molecule has 1 heterocycles. The van der Waals surface area contributed by atoms with Gasteiger partial charge in [-0.25, -0.2) is 9.18 Å². The molecule has 12 heteroatoms. The number of nitrogens with two attached hydrogens (primary N) is 1. The second-order valence-corrected chi connectivity index (χ2v) is 7.66. The normalized spacial score (nSPS) is 11.5. The van der Waals surface area contributed by atoms with E-state index < -0.39 is 29.3 Å². The number of aromatic amines is 1. The van der Waals surface area contributed by atoms with Crippen molar-refractivity contribution in [1.29, 1.82) is 0 Å². The summed E-state index contributed by atoms with van der Waals surface area (Å²) in [5, 5.41) is 12.2. The maximum Gasteiger partial charge on any atom is 0.416 e. The van der Waals surface area contributed by atoms with E-state index in [1.807, 2.05) is 6.07 Å². The largest absolute Gasteiger partial charge is 0.489 e. The molecule has 8 nitrogen and oxygen atoms in total. The number of aromatic nitrogens is 2. The number of benzene rings is 3. The Kier molecular flexibility index (Phi) is 6.97. The summed E-state index contributed by atoms with van der Waals surface area (Å²) in [5.74, 6) is -0.154. The molecule has 2 amide bonds. The van der Waals surface area contributed by atoms with Crippen LogP contribution in [0, 0.1) is 5.82 Å². The minimum Gasteiger partial charge on any atom is -0.489 e. The Balaban J connectivity index is 1.51. The first-order valence-corrected chi connectivity index (χ1v) is 10.6. The van der Waals surface area contributed by atoms with E-state index in [4.69, 9.17) is 15.2 Å². The standard InChI is InChI=1S/C24H21F4N5O3/c1-35-10-11-36-19-9-7-16(20-21(19)32-33-22(20)29)13-2-5-15(6-3-13)30-23(34)31-18-12-14(24(26,27)28)4-8-17(18)25/h2-9,12H,10-11H2,1H3,(H3,29,32,33)(H2,30,31,34). The molecule has 0 unspecified atom stereocenters. The van der Waals surface area contributed by atoms with Gasteiger partial charge < -0.3 is 25.8 Å². The van der Waals surface area contributed by atoms with Crippen molar-refractivity contribution in [3.63, 3.8) is 0 Å². The molecule has 36 heavy (non-hydrogen) atoms. The predicted octanol–water partition coefficient (Wildman–Crippen LogP) is 5.64. The summed E-state index contributed by atoms with van der Waals surface area (Å²) in [6.07, 6.45) is -4.67. The second-order valence-electron chi connectivity index (χ2n) is 7.66. The number of hydrogen-bond donors (Lipinski definition) is 4. The molecule has 0 saturated carbocycles. The van der Waals surface area contributed by atoms with Gasteiger partial charge in [-0.15, -0.1) is 0 Å². The average molecular weight is 503 g/mol. The van der Waals surface area contributed by atoms with Crippen molar-refractivity contribution in [1.82, 2.24) is 10.2 Å². The Morgan fingerprint density at radius 1 is 1.06 bits per heavy atom. The summed E-state index contributed by atoms with van der Waals surface area (Å²) < 4.78 is 63.3. The van der Waals surface area contributed by atoms with E-state index in [9.17, 15) is 22.4 Å². The molecule has 4 aromatic rings. The monoisotopic (exact) mass is 503 g/mol. The van der Waals surface area contributed by atoms with Gasteiger partial charge in [0.15, 0.2) is 5.82 Å². The number of anilines is 3. The van der Waals surface area contributed by atoms with Crippen LogP contribution in [0.1, 0.15) is 5.56 Å². The summed E-state index contributed by atoms with van der Waals surface area (Å²) in [7, 11) is 1.57. The van der Waals surface area contributed by atoms with Gasteiger partial charge in [-0.1, -0.05) is 12.1 Å². The zero-order valence-corrected chi connectivity index (χ0v) is 18.9. The number of methoxy groups -OCH3 is 1. The van der Waals surface area contributed by atoms with E-state index in [-0.39, 0.29) is 5.82 Å². The Morgan fingerprint density at radius 3 is 2.50 bits per heavy atom. The van der Waals surface area contributed by atoms with E-state index in [1.54, 1.807) is 37.4 Å². The van der Waals surface area contributed by atoms with Gasteiger partial charge in [0.05, 0.1) is 23.2 Å². The van der Waals surface area contributed by atoms with Crippen LogP contribution in [0.3, 0.4) is 0 Å². The minimum atomic E-state index is -4.67. The summed E-state index contributed by atoms with van der Waals surface area (Å²) >= 11 is 0. The van der Waals surface area contributed by atoms with Crippen molar-refractivity contribution >= 4 is 34.1 Å². The SMILES string of the molecule is COCCOc1ccc(-c2ccc(NC(=O)Nc3cc(C(F)(F)F)ccc3F)cc2)c2c(N)n[nH]c12. The molecule has 0 aliphatic carbocycles. The van der Waals surface area contributed by atoms with Gasteiger partial charge in [0.2, 0.25) is 0 Å². The fourth-order valence-corrected chi connectivity index (χ4v) is 3.54. The molecule has 188 valence electrons. The number of hydrogen-bond acceptors (Lipinski definition) is 5. The smallest absolute Gasteiger partial charge is 0.416 e. The molecule has 0 fully saturated rings. The number of alkyl halides is 3. The van der Waals surface area contributed by atoms with Crippen LogP contribution in [0.25, 0.3) is 22.0 Å². The zero-order chi connectivity index (χ0) is 25.9. The summed E-state index contributed by atoms with van der Waals surface area (Å²) in [5.41, 5.74) is 6.86.